The van der Waals surface area contributed by atoms with Crippen LogP contribution in [0.4, 0.5) is 0 Å². The number of aromatic amines is 2. The van der Waals surface area contributed by atoms with Gasteiger partial charge in [0.15, 0.2) is 10.6 Å². The molecule has 2 aromatic rings. The fourth-order valence-electron chi connectivity index (χ4n) is 1.26. The third kappa shape index (κ3) is 1.42. The van der Waals surface area contributed by atoms with E-state index in [9.17, 15) is 0 Å². The highest BCUT2D eigenvalue weighted by atomic mass is 32.1. The quantitative estimate of drug-likeness (QED) is 0.687. The summed E-state index contributed by atoms with van der Waals surface area (Å²) in [5, 5.41) is 6.69. The van der Waals surface area contributed by atoms with Gasteiger partial charge in [-0.15, -0.1) is 0 Å². The van der Waals surface area contributed by atoms with E-state index in [1.54, 1.807) is 0 Å². The molecule has 0 unspecified atom stereocenters. The molecule has 2 aromatic heterocycles. The molecule has 0 aromatic carbocycles. The van der Waals surface area contributed by atoms with Gasteiger partial charge < -0.3 is 9.40 Å². The lowest BCUT2D eigenvalue weighted by Crippen LogP contribution is -1.79. The highest BCUT2D eigenvalue weighted by molar-refractivity contribution is 7.71. The Bertz CT molecular complexity index is 480. The maximum absolute atomic E-state index is 5.37. The van der Waals surface area contributed by atoms with Crippen LogP contribution in [0, 0.1) is 18.6 Å². The van der Waals surface area contributed by atoms with Crippen LogP contribution in [-0.2, 0) is 0 Å². The molecule has 0 atom stereocenters. The summed E-state index contributed by atoms with van der Waals surface area (Å²) in [5.74, 6) is 2.43. The van der Waals surface area contributed by atoms with Crippen LogP contribution in [-0.4, -0.2) is 15.2 Å². The van der Waals surface area contributed by atoms with Crippen molar-refractivity contribution in [1.29, 1.82) is 0 Å². The Morgan fingerprint density at radius 2 is 2.23 bits per heavy atom. The number of aromatic nitrogens is 3. The fourth-order valence-corrected chi connectivity index (χ4v) is 1.41. The van der Waals surface area contributed by atoms with Crippen molar-refractivity contribution in [2.75, 3.05) is 0 Å². The van der Waals surface area contributed by atoms with Gasteiger partial charge in [0.2, 0.25) is 0 Å². The van der Waals surface area contributed by atoms with E-state index in [1.807, 2.05) is 19.9 Å². The zero-order chi connectivity index (χ0) is 9.42. The largest absolute Gasteiger partial charge is 0.466 e. The predicted molar refractivity (Wildman–Crippen MR) is 50.9 cm³/mol. The lowest BCUT2D eigenvalue weighted by Gasteiger charge is -1.88. The van der Waals surface area contributed by atoms with E-state index in [0.717, 1.165) is 22.9 Å². The molecule has 5 heteroatoms. The summed E-state index contributed by atoms with van der Waals surface area (Å²) in [6.07, 6.45) is 0. The minimum Gasteiger partial charge on any atom is -0.466 e. The van der Waals surface area contributed by atoms with E-state index in [4.69, 9.17) is 16.6 Å². The van der Waals surface area contributed by atoms with Crippen LogP contribution in [0.25, 0.3) is 11.4 Å². The van der Waals surface area contributed by atoms with Crippen molar-refractivity contribution in [2.45, 2.75) is 13.8 Å². The fraction of sp³-hybridized carbons (Fsp3) is 0.250. The Kier molecular flexibility index (Phi) is 1.81. The van der Waals surface area contributed by atoms with Crippen LogP contribution in [0.5, 0.6) is 0 Å². The SMILES string of the molecule is Cc1cc(-c2n[nH]c(=S)[nH]2)c(C)o1. The molecule has 2 N–H and O–H groups in total. The molecule has 0 spiro atoms. The van der Waals surface area contributed by atoms with Crippen molar-refractivity contribution in [2.24, 2.45) is 0 Å². The van der Waals surface area contributed by atoms with E-state index < -0.39 is 0 Å². The zero-order valence-electron chi connectivity index (χ0n) is 7.34. The average Bonchev–Trinajstić information content (AvgIpc) is 2.58. The molecule has 0 aliphatic heterocycles. The summed E-state index contributed by atoms with van der Waals surface area (Å²) in [4.78, 5) is 2.93. The first-order chi connectivity index (χ1) is 6.16. The zero-order valence-corrected chi connectivity index (χ0v) is 8.16. The molecule has 0 amide bonds. The maximum Gasteiger partial charge on any atom is 0.192 e. The summed E-state index contributed by atoms with van der Waals surface area (Å²) in [6.45, 7) is 3.80. The monoisotopic (exact) mass is 195 g/mol. The number of hydrogen-bond acceptors (Lipinski definition) is 3. The summed E-state index contributed by atoms with van der Waals surface area (Å²) < 4.78 is 5.89. The summed E-state index contributed by atoms with van der Waals surface area (Å²) in [6, 6.07) is 1.93. The third-order valence-electron chi connectivity index (χ3n) is 1.80. The van der Waals surface area contributed by atoms with Crippen molar-refractivity contribution in [1.82, 2.24) is 15.2 Å². The molecule has 2 rings (SSSR count). The Hall–Kier alpha value is -1.36. The van der Waals surface area contributed by atoms with Crippen LogP contribution in [0.2, 0.25) is 0 Å². The number of H-pyrrole nitrogens is 2. The first-order valence-electron chi connectivity index (χ1n) is 3.89. The molecule has 0 aliphatic carbocycles. The van der Waals surface area contributed by atoms with Crippen molar-refractivity contribution in [3.63, 3.8) is 0 Å². The van der Waals surface area contributed by atoms with Crippen LogP contribution in [0.1, 0.15) is 11.5 Å². The third-order valence-corrected chi connectivity index (χ3v) is 1.99. The number of hydrogen-bond donors (Lipinski definition) is 2. The van der Waals surface area contributed by atoms with Gasteiger partial charge in [0, 0.05) is 0 Å². The maximum atomic E-state index is 5.37. The Labute approximate surface area is 80.0 Å². The molecule has 2 heterocycles. The number of furan rings is 1. The summed E-state index contributed by atoms with van der Waals surface area (Å²) in [7, 11) is 0. The van der Waals surface area contributed by atoms with Gasteiger partial charge in [-0.05, 0) is 32.1 Å². The smallest absolute Gasteiger partial charge is 0.192 e. The summed E-state index contributed by atoms with van der Waals surface area (Å²) >= 11 is 4.88. The molecule has 0 saturated carbocycles. The molecule has 4 nitrogen and oxygen atoms in total. The van der Waals surface area contributed by atoms with E-state index in [0.29, 0.717) is 4.77 Å². The van der Waals surface area contributed by atoms with Gasteiger partial charge >= 0.3 is 0 Å². The van der Waals surface area contributed by atoms with E-state index in [-0.39, 0.29) is 0 Å². The van der Waals surface area contributed by atoms with Crippen molar-refractivity contribution in [3.05, 3.63) is 22.4 Å². The molecule has 0 radical (unpaired) electrons. The lowest BCUT2D eigenvalue weighted by molar-refractivity contribution is 0.505. The topological polar surface area (TPSA) is 57.6 Å². The normalized spacial score (nSPS) is 10.6. The average molecular weight is 195 g/mol. The molecular formula is C8H9N3OS. The van der Waals surface area contributed by atoms with E-state index in [2.05, 4.69) is 15.2 Å². The number of nitrogens with zero attached hydrogens (tertiary/aromatic N) is 1. The van der Waals surface area contributed by atoms with Crippen molar-refractivity contribution >= 4 is 12.2 Å². The molecule has 13 heavy (non-hydrogen) atoms. The Morgan fingerprint density at radius 3 is 2.69 bits per heavy atom. The predicted octanol–water partition coefficient (Wildman–Crippen LogP) is 2.34. The molecule has 0 fully saturated rings. The van der Waals surface area contributed by atoms with Gasteiger partial charge in [-0.25, -0.2) is 0 Å². The van der Waals surface area contributed by atoms with E-state index in [1.165, 1.54) is 0 Å². The molecular weight excluding hydrogens is 186 g/mol. The lowest BCUT2D eigenvalue weighted by atomic mass is 10.2. The van der Waals surface area contributed by atoms with Gasteiger partial charge in [0.05, 0.1) is 5.56 Å². The second-order valence-electron chi connectivity index (χ2n) is 2.85. The van der Waals surface area contributed by atoms with Crippen LogP contribution < -0.4 is 0 Å². The Balaban J connectivity index is 2.57. The number of nitrogens with one attached hydrogen (secondary N) is 2. The van der Waals surface area contributed by atoms with Gasteiger partial charge in [0.1, 0.15) is 11.5 Å². The number of rotatable bonds is 1. The molecule has 0 saturated heterocycles. The molecule has 0 bridgehead atoms. The first-order valence-corrected chi connectivity index (χ1v) is 4.30. The van der Waals surface area contributed by atoms with E-state index >= 15 is 0 Å². The van der Waals surface area contributed by atoms with Gasteiger partial charge in [-0.3, -0.25) is 5.10 Å². The minimum atomic E-state index is 0.522. The standard InChI is InChI=1S/C8H9N3OS/c1-4-3-6(5(2)12-4)7-9-8(13)11-10-7/h3H,1-2H3,(H2,9,10,11,13). The first kappa shape index (κ1) is 8.25. The van der Waals surface area contributed by atoms with Crippen LogP contribution in [0.3, 0.4) is 0 Å². The van der Waals surface area contributed by atoms with Gasteiger partial charge in [0.25, 0.3) is 0 Å². The molecule has 0 aliphatic rings. The highest BCUT2D eigenvalue weighted by Crippen LogP contribution is 2.22. The number of aryl methyl sites for hydroxylation is 2. The Morgan fingerprint density at radius 1 is 1.46 bits per heavy atom. The van der Waals surface area contributed by atoms with Crippen LogP contribution >= 0.6 is 12.2 Å². The second kappa shape index (κ2) is 2.85. The minimum absolute atomic E-state index is 0.522. The highest BCUT2D eigenvalue weighted by Gasteiger charge is 2.09. The van der Waals surface area contributed by atoms with Gasteiger partial charge in [-0.1, -0.05) is 0 Å². The van der Waals surface area contributed by atoms with Crippen molar-refractivity contribution in [3.8, 4) is 11.4 Å². The van der Waals surface area contributed by atoms with Gasteiger partial charge in [-0.2, -0.15) is 5.10 Å². The molecule has 68 valence electrons. The second-order valence-corrected chi connectivity index (χ2v) is 3.26. The summed E-state index contributed by atoms with van der Waals surface area (Å²) in [5.41, 5.74) is 0.949. The van der Waals surface area contributed by atoms with Crippen LogP contribution in [0.15, 0.2) is 10.5 Å². The van der Waals surface area contributed by atoms with Crippen molar-refractivity contribution < 1.29 is 4.42 Å².